The van der Waals surface area contributed by atoms with E-state index in [0.29, 0.717) is 0 Å². The molecular formula is C32H25FN2O. The van der Waals surface area contributed by atoms with Crippen molar-refractivity contribution >= 4 is 10.9 Å². The maximum Gasteiger partial charge on any atom is 0.123 e. The van der Waals surface area contributed by atoms with Gasteiger partial charge in [0, 0.05) is 39.6 Å². The number of aromatic amines is 2. The van der Waals surface area contributed by atoms with E-state index in [2.05, 4.69) is 46.4 Å². The van der Waals surface area contributed by atoms with Gasteiger partial charge in [0.2, 0.25) is 0 Å². The summed E-state index contributed by atoms with van der Waals surface area (Å²) in [7, 11) is 1.70. The van der Waals surface area contributed by atoms with Gasteiger partial charge >= 0.3 is 0 Å². The monoisotopic (exact) mass is 472 g/mol. The first kappa shape index (κ1) is 21.9. The molecule has 3 nitrogen and oxygen atoms in total. The van der Waals surface area contributed by atoms with E-state index in [1.165, 1.54) is 6.07 Å². The first-order chi connectivity index (χ1) is 17.7. The zero-order chi connectivity index (χ0) is 24.5. The molecule has 176 valence electrons. The topological polar surface area (TPSA) is 40.8 Å². The van der Waals surface area contributed by atoms with Gasteiger partial charge < -0.3 is 14.7 Å². The molecule has 1 atom stereocenters. The Labute approximate surface area is 209 Å². The summed E-state index contributed by atoms with van der Waals surface area (Å²) in [4.78, 5) is 7.23. The van der Waals surface area contributed by atoms with E-state index >= 15 is 0 Å². The summed E-state index contributed by atoms with van der Waals surface area (Å²) < 4.78 is 20.6. The summed E-state index contributed by atoms with van der Waals surface area (Å²) in [5, 5.41) is 0.831. The minimum atomic E-state index is -0.808. The number of ether oxygens (including phenoxy) is 1. The van der Waals surface area contributed by atoms with Gasteiger partial charge in [-0.15, -0.1) is 0 Å². The number of halogens is 1. The van der Waals surface area contributed by atoms with Crippen LogP contribution in [0.3, 0.4) is 0 Å². The second kappa shape index (κ2) is 8.90. The van der Waals surface area contributed by atoms with Crippen molar-refractivity contribution in [3.8, 4) is 16.9 Å². The van der Waals surface area contributed by atoms with Crippen molar-refractivity contribution in [3.05, 3.63) is 150 Å². The second-order valence-corrected chi connectivity index (χ2v) is 8.83. The van der Waals surface area contributed by atoms with Crippen molar-refractivity contribution in [2.45, 2.75) is 5.41 Å². The lowest BCUT2D eigenvalue weighted by atomic mass is 9.67. The summed E-state index contributed by atoms with van der Waals surface area (Å²) in [6.45, 7) is 0. The van der Waals surface area contributed by atoms with Gasteiger partial charge in [0.25, 0.3) is 0 Å². The second-order valence-electron chi connectivity index (χ2n) is 8.83. The van der Waals surface area contributed by atoms with Crippen LogP contribution in [0.15, 0.2) is 121 Å². The Morgan fingerprint density at radius 1 is 0.750 bits per heavy atom. The van der Waals surface area contributed by atoms with Crippen molar-refractivity contribution in [1.29, 1.82) is 0 Å². The Balaban J connectivity index is 1.85. The fourth-order valence-electron chi connectivity index (χ4n) is 5.43. The van der Waals surface area contributed by atoms with Crippen LogP contribution in [0.5, 0.6) is 5.75 Å². The van der Waals surface area contributed by atoms with E-state index in [0.717, 1.165) is 50.3 Å². The number of para-hydroxylation sites is 1. The van der Waals surface area contributed by atoms with Gasteiger partial charge in [-0.2, -0.15) is 0 Å². The molecule has 0 fully saturated rings. The van der Waals surface area contributed by atoms with Crippen molar-refractivity contribution in [2.24, 2.45) is 0 Å². The average Bonchev–Trinajstić information content (AvgIpc) is 3.60. The standard InChI is InChI=1S/C32H25FN2O/c1-36-28-16-9-8-15-26(28)32(29-17-10-20-34-29,23-13-6-3-7-14-23)31-30(22-11-4-2-5-12-22)25-21-24(33)18-19-27(25)35-31/h2-21,34-35H,1H3. The minimum Gasteiger partial charge on any atom is -0.496 e. The van der Waals surface area contributed by atoms with E-state index < -0.39 is 5.41 Å². The number of benzene rings is 4. The molecule has 4 heteroatoms. The Morgan fingerprint density at radius 2 is 1.47 bits per heavy atom. The first-order valence-corrected chi connectivity index (χ1v) is 11.9. The van der Waals surface area contributed by atoms with Gasteiger partial charge in [0.1, 0.15) is 17.0 Å². The number of H-pyrrole nitrogens is 2. The number of methoxy groups -OCH3 is 1. The van der Waals surface area contributed by atoms with E-state index in [4.69, 9.17) is 4.74 Å². The SMILES string of the molecule is COc1ccccc1C(c1ccccc1)(c1ccc[nH]1)c1[nH]c2ccc(F)cc2c1-c1ccccc1. The predicted molar refractivity (Wildman–Crippen MR) is 143 cm³/mol. The lowest BCUT2D eigenvalue weighted by Gasteiger charge is -2.36. The molecule has 0 bridgehead atoms. The summed E-state index contributed by atoms with van der Waals surface area (Å²) in [6, 6.07) is 37.7. The normalized spacial score (nSPS) is 12.9. The number of hydrogen-bond donors (Lipinski definition) is 2. The molecule has 0 aliphatic rings. The molecule has 6 aromatic rings. The Hall–Kier alpha value is -4.57. The number of fused-ring (bicyclic) bond motifs is 1. The molecule has 0 saturated heterocycles. The average molecular weight is 473 g/mol. The molecule has 4 aromatic carbocycles. The van der Waals surface area contributed by atoms with Gasteiger partial charge in [-0.3, -0.25) is 0 Å². The van der Waals surface area contributed by atoms with Gasteiger partial charge in [-0.05, 0) is 47.5 Å². The molecule has 36 heavy (non-hydrogen) atoms. The van der Waals surface area contributed by atoms with E-state index in [-0.39, 0.29) is 5.82 Å². The van der Waals surface area contributed by atoms with Crippen molar-refractivity contribution in [1.82, 2.24) is 9.97 Å². The summed E-state index contributed by atoms with van der Waals surface area (Å²) in [5.41, 5.74) is 5.96. The van der Waals surface area contributed by atoms with Crippen LogP contribution in [0.4, 0.5) is 4.39 Å². The number of nitrogens with one attached hydrogen (secondary N) is 2. The zero-order valence-electron chi connectivity index (χ0n) is 19.8. The van der Waals surface area contributed by atoms with Gasteiger partial charge in [0.15, 0.2) is 0 Å². The van der Waals surface area contributed by atoms with Crippen LogP contribution in [0.2, 0.25) is 0 Å². The third-order valence-corrected chi connectivity index (χ3v) is 6.92. The van der Waals surface area contributed by atoms with Crippen LogP contribution in [-0.4, -0.2) is 17.1 Å². The molecule has 1 unspecified atom stereocenters. The van der Waals surface area contributed by atoms with Crippen LogP contribution in [0.1, 0.15) is 22.5 Å². The molecule has 0 aliphatic carbocycles. The van der Waals surface area contributed by atoms with Crippen molar-refractivity contribution in [2.75, 3.05) is 7.11 Å². The summed E-state index contributed by atoms with van der Waals surface area (Å²) >= 11 is 0. The molecule has 6 rings (SSSR count). The quantitative estimate of drug-likeness (QED) is 0.256. The molecule has 0 saturated carbocycles. The van der Waals surface area contributed by atoms with Crippen LogP contribution in [0.25, 0.3) is 22.0 Å². The summed E-state index contributed by atoms with van der Waals surface area (Å²) in [5.74, 6) is 0.493. The number of aromatic nitrogens is 2. The van der Waals surface area contributed by atoms with Gasteiger partial charge in [-0.25, -0.2) is 4.39 Å². The lowest BCUT2D eigenvalue weighted by Crippen LogP contribution is -2.33. The Morgan fingerprint density at radius 3 is 2.19 bits per heavy atom. The van der Waals surface area contributed by atoms with Crippen LogP contribution < -0.4 is 4.74 Å². The first-order valence-electron chi connectivity index (χ1n) is 11.9. The van der Waals surface area contributed by atoms with E-state index in [9.17, 15) is 4.39 Å². The largest absolute Gasteiger partial charge is 0.496 e. The minimum absolute atomic E-state index is 0.271. The van der Waals surface area contributed by atoms with Gasteiger partial charge in [-0.1, -0.05) is 78.9 Å². The fraction of sp³-hybridized carbons (Fsp3) is 0.0625. The molecule has 0 spiro atoms. The fourth-order valence-corrected chi connectivity index (χ4v) is 5.43. The summed E-state index contributed by atoms with van der Waals surface area (Å²) in [6.07, 6.45) is 1.94. The number of hydrogen-bond acceptors (Lipinski definition) is 1. The van der Waals surface area contributed by atoms with Gasteiger partial charge in [0.05, 0.1) is 7.11 Å². The van der Waals surface area contributed by atoms with E-state index in [1.807, 2.05) is 72.9 Å². The highest BCUT2D eigenvalue weighted by molar-refractivity contribution is 5.99. The zero-order valence-corrected chi connectivity index (χ0v) is 19.8. The Kier molecular flexibility index (Phi) is 5.42. The molecule has 0 aliphatic heterocycles. The predicted octanol–water partition coefficient (Wildman–Crippen LogP) is 7.69. The van der Waals surface area contributed by atoms with Crippen LogP contribution in [0, 0.1) is 5.82 Å². The maximum absolute atomic E-state index is 14.6. The smallest absolute Gasteiger partial charge is 0.123 e. The highest BCUT2D eigenvalue weighted by Gasteiger charge is 2.44. The molecule has 2 N–H and O–H groups in total. The Bertz CT molecular complexity index is 1620. The highest BCUT2D eigenvalue weighted by Crippen LogP contribution is 2.51. The third-order valence-electron chi connectivity index (χ3n) is 6.92. The third kappa shape index (κ3) is 3.34. The van der Waals surface area contributed by atoms with E-state index in [1.54, 1.807) is 13.2 Å². The molecule has 0 radical (unpaired) electrons. The molecule has 2 aromatic heterocycles. The highest BCUT2D eigenvalue weighted by atomic mass is 19.1. The molecule has 2 heterocycles. The van der Waals surface area contributed by atoms with Crippen molar-refractivity contribution < 1.29 is 9.13 Å². The molecule has 0 amide bonds. The lowest BCUT2D eigenvalue weighted by molar-refractivity contribution is 0.404. The van der Waals surface area contributed by atoms with Crippen molar-refractivity contribution in [3.63, 3.8) is 0 Å². The molecular weight excluding hydrogens is 447 g/mol. The van der Waals surface area contributed by atoms with Crippen LogP contribution in [-0.2, 0) is 5.41 Å². The maximum atomic E-state index is 14.6. The van der Waals surface area contributed by atoms with Crippen LogP contribution >= 0.6 is 0 Å². The number of rotatable bonds is 6.